The molecule has 23 heavy (non-hydrogen) atoms. The van der Waals surface area contributed by atoms with E-state index in [1.807, 2.05) is 12.1 Å². The Morgan fingerprint density at radius 2 is 0.957 bits per heavy atom. The van der Waals surface area contributed by atoms with Crippen molar-refractivity contribution in [3.05, 3.63) is 59.7 Å². The predicted molar refractivity (Wildman–Crippen MR) is 104 cm³/mol. The predicted octanol–water partition coefficient (Wildman–Crippen LogP) is 5.70. The van der Waals surface area contributed by atoms with Gasteiger partial charge in [-0.05, 0) is 62.5 Å². The Hall–Kier alpha value is -1.53. The van der Waals surface area contributed by atoms with Crippen LogP contribution >= 0.6 is 0 Å². The van der Waals surface area contributed by atoms with Crippen molar-refractivity contribution in [1.82, 2.24) is 0 Å². The lowest BCUT2D eigenvalue weighted by Gasteiger charge is -2.24. The minimum absolute atomic E-state index is 0.835. The molecule has 2 nitrogen and oxygen atoms in total. The highest BCUT2D eigenvalue weighted by Gasteiger charge is 2.20. The van der Waals surface area contributed by atoms with Gasteiger partial charge in [-0.1, -0.05) is 36.4 Å². The highest BCUT2D eigenvalue weighted by molar-refractivity contribution is 6.70. The quantitative estimate of drug-likeness (QED) is 0.625. The Balaban J connectivity index is 2.30. The Kier molecular flexibility index (Phi) is 5.37. The van der Waals surface area contributed by atoms with Gasteiger partial charge in [0, 0.05) is 6.42 Å². The first kappa shape index (κ1) is 17.8. The summed E-state index contributed by atoms with van der Waals surface area (Å²) in [6, 6.07) is 16.7. The topological polar surface area (TPSA) is 18.5 Å². The molecule has 0 atom stereocenters. The van der Waals surface area contributed by atoms with Crippen LogP contribution in [0.4, 0.5) is 0 Å². The largest absolute Gasteiger partial charge is 0.544 e. The summed E-state index contributed by atoms with van der Waals surface area (Å²) in [6.45, 7) is 13.3. The maximum Gasteiger partial charge on any atom is 0.242 e. The van der Waals surface area contributed by atoms with E-state index in [0.717, 1.165) is 17.9 Å². The Labute approximate surface area is 142 Å². The average molecular weight is 345 g/mol. The van der Waals surface area contributed by atoms with Crippen molar-refractivity contribution in [3.8, 4) is 11.5 Å². The van der Waals surface area contributed by atoms with Gasteiger partial charge in [0.25, 0.3) is 0 Å². The van der Waals surface area contributed by atoms with Crippen LogP contribution in [0.1, 0.15) is 11.1 Å². The molecule has 2 rings (SSSR count). The number of hydrogen-bond donors (Lipinski definition) is 0. The first-order valence-electron chi connectivity index (χ1n) is 8.18. The molecule has 4 heteroatoms. The molecule has 0 aromatic heterocycles. The van der Waals surface area contributed by atoms with Gasteiger partial charge in [-0.15, -0.1) is 0 Å². The second kappa shape index (κ2) is 6.93. The van der Waals surface area contributed by atoms with E-state index in [1.165, 1.54) is 11.1 Å². The van der Waals surface area contributed by atoms with E-state index >= 15 is 0 Å². The third-order valence-electron chi connectivity index (χ3n) is 3.16. The van der Waals surface area contributed by atoms with Gasteiger partial charge < -0.3 is 8.85 Å². The lowest BCUT2D eigenvalue weighted by atomic mass is 10.0. The summed E-state index contributed by atoms with van der Waals surface area (Å²) in [4.78, 5) is 0. The molecule has 0 amide bonds. The van der Waals surface area contributed by atoms with Crippen LogP contribution in [0.25, 0.3) is 0 Å². The standard InChI is InChI=1S/C19H28O2Si2/c1-22(2,3)20-18-13-9-7-11-16(18)15-17-12-8-10-14-19(17)21-23(4,5)6/h7-14H,15H2,1-6H3. The van der Waals surface area contributed by atoms with Crippen molar-refractivity contribution in [3.63, 3.8) is 0 Å². The van der Waals surface area contributed by atoms with Crippen LogP contribution in [-0.2, 0) is 6.42 Å². The van der Waals surface area contributed by atoms with Crippen molar-refractivity contribution in [2.24, 2.45) is 0 Å². The number of para-hydroxylation sites is 2. The van der Waals surface area contributed by atoms with Gasteiger partial charge in [0.05, 0.1) is 0 Å². The molecule has 0 saturated heterocycles. The van der Waals surface area contributed by atoms with Gasteiger partial charge in [0.1, 0.15) is 11.5 Å². The summed E-state index contributed by atoms with van der Waals surface area (Å²) in [5.74, 6) is 2.02. The van der Waals surface area contributed by atoms with E-state index in [4.69, 9.17) is 8.85 Å². The van der Waals surface area contributed by atoms with Gasteiger partial charge in [-0.25, -0.2) is 0 Å². The van der Waals surface area contributed by atoms with Gasteiger partial charge in [-0.3, -0.25) is 0 Å². The molecule has 0 aliphatic carbocycles. The molecule has 0 radical (unpaired) electrons. The minimum atomic E-state index is -1.62. The Bertz CT molecular complexity index is 597. The number of hydrogen-bond acceptors (Lipinski definition) is 2. The smallest absolute Gasteiger partial charge is 0.242 e. The van der Waals surface area contributed by atoms with Crippen molar-refractivity contribution in [2.45, 2.75) is 45.7 Å². The zero-order chi connectivity index (χ0) is 17.1. The summed E-state index contributed by atoms with van der Waals surface area (Å²) in [6.07, 6.45) is 0.835. The minimum Gasteiger partial charge on any atom is -0.544 e. The molecule has 0 N–H and O–H groups in total. The second-order valence-corrected chi connectivity index (χ2v) is 16.7. The van der Waals surface area contributed by atoms with E-state index < -0.39 is 16.6 Å². The fraction of sp³-hybridized carbons (Fsp3) is 0.368. The zero-order valence-corrected chi connectivity index (χ0v) is 17.1. The molecular weight excluding hydrogens is 316 g/mol. The Morgan fingerprint density at radius 3 is 1.30 bits per heavy atom. The summed E-state index contributed by atoms with van der Waals surface area (Å²) in [5, 5.41) is 0. The SMILES string of the molecule is C[Si](C)(C)Oc1ccccc1Cc1ccccc1O[Si](C)(C)C. The highest BCUT2D eigenvalue weighted by Crippen LogP contribution is 2.29. The molecule has 0 spiro atoms. The number of rotatable bonds is 6. The lowest BCUT2D eigenvalue weighted by molar-refractivity contribution is 0.543. The van der Waals surface area contributed by atoms with Crippen LogP contribution in [0.2, 0.25) is 39.3 Å². The molecule has 0 heterocycles. The van der Waals surface area contributed by atoms with Crippen molar-refractivity contribution < 1.29 is 8.85 Å². The van der Waals surface area contributed by atoms with E-state index in [-0.39, 0.29) is 0 Å². The molecule has 0 aliphatic rings. The highest BCUT2D eigenvalue weighted by atomic mass is 28.4. The fourth-order valence-corrected chi connectivity index (χ4v) is 4.08. The van der Waals surface area contributed by atoms with Crippen molar-refractivity contribution >= 4 is 16.6 Å². The third-order valence-corrected chi connectivity index (χ3v) is 4.82. The first-order valence-corrected chi connectivity index (χ1v) is 15.0. The molecule has 0 aliphatic heterocycles. The maximum absolute atomic E-state index is 6.25. The normalized spacial score (nSPS) is 12.1. The van der Waals surface area contributed by atoms with Gasteiger partial charge in [0.2, 0.25) is 16.6 Å². The molecule has 0 bridgehead atoms. The summed E-state index contributed by atoms with van der Waals surface area (Å²) >= 11 is 0. The molecule has 124 valence electrons. The molecular formula is C19H28O2Si2. The Morgan fingerprint density at radius 1 is 0.609 bits per heavy atom. The molecule has 2 aromatic carbocycles. The fourth-order valence-electron chi connectivity index (χ4n) is 2.36. The monoisotopic (exact) mass is 344 g/mol. The van der Waals surface area contributed by atoms with Gasteiger partial charge in [0.15, 0.2) is 0 Å². The van der Waals surface area contributed by atoms with Crippen LogP contribution < -0.4 is 8.85 Å². The first-order chi connectivity index (χ1) is 10.6. The second-order valence-electron chi connectivity index (χ2n) is 7.82. The van der Waals surface area contributed by atoms with Crippen LogP contribution in [-0.4, -0.2) is 16.6 Å². The third kappa shape index (κ3) is 5.88. The van der Waals surface area contributed by atoms with Crippen molar-refractivity contribution in [2.75, 3.05) is 0 Å². The molecule has 0 fully saturated rings. The van der Waals surface area contributed by atoms with Crippen molar-refractivity contribution in [1.29, 1.82) is 0 Å². The van der Waals surface area contributed by atoms with Gasteiger partial charge in [-0.2, -0.15) is 0 Å². The van der Waals surface area contributed by atoms with Crippen LogP contribution in [0.15, 0.2) is 48.5 Å². The number of benzene rings is 2. The lowest BCUT2D eigenvalue weighted by Crippen LogP contribution is -2.30. The average Bonchev–Trinajstić information content (AvgIpc) is 2.40. The van der Waals surface area contributed by atoms with E-state index in [0.29, 0.717) is 0 Å². The van der Waals surface area contributed by atoms with E-state index in [9.17, 15) is 0 Å². The van der Waals surface area contributed by atoms with Crippen LogP contribution in [0.5, 0.6) is 11.5 Å². The van der Waals surface area contributed by atoms with E-state index in [2.05, 4.69) is 75.7 Å². The van der Waals surface area contributed by atoms with E-state index in [1.54, 1.807) is 0 Å². The summed E-state index contributed by atoms with van der Waals surface area (Å²) in [5.41, 5.74) is 2.45. The zero-order valence-electron chi connectivity index (χ0n) is 15.1. The maximum atomic E-state index is 6.25. The molecule has 0 saturated carbocycles. The van der Waals surface area contributed by atoms with Gasteiger partial charge >= 0.3 is 0 Å². The van der Waals surface area contributed by atoms with Crippen LogP contribution in [0.3, 0.4) is 0 Å². The molecule has 0 unspecified atom stereocenters. The summed E-state index contributed by atoms with van der Waals surface area (Å²) in [7, 11) is -3.25. The summed E-state index contributed by atoms with van der Waals surface area (Å²) < 4.78 is 12.5. The van der Waals surface area contributed by atoms with Crippen LogP contribution in [0, 0.1) is 0 Å². The molecule has 2 aromatic rings.